The van der Waals surface area contributed by atoms with Gasteiger partial charge in [-0.05, 0) is 54.6 Å². The Morgan fingerprint density at radius 1 is 1.30 bits per heavy atom. The van der Waals surface area contributed by atoms with Gasteiger partial charge in [0.2, 0.25) is 0 Å². The number of hydrogen-bond donors (Lipinski definition) is 1. The second-order valence-electron chi connectivity index (χ2n) is 7.91. The second kappa shape index (κ2) is 6.99. The number of ether oxygens (including phenoxy) is 1. The minimum Gasteiger partial charge on any atom is -0.493 e. The Morgan fingerprint density at radius 3 is 3.15 bits per heavy atom. The zero-order valence-corrected chi connectivity index (χ0v) is 16.1. The smallest absolute Gasteiger partial charge is 0.125 e. The molecule has 1 saturated heterocycles. The van der Waals surface area contributed by atoms with E-state index < -0.39 is 0 Å². The van der Waals surface area contributed by atoms with Gasteiger partial charge in [0.15, 0.2) is 0 Å². The van der Waals surface area contributed by atoms with E-state index >= 15 is 0 Å². The van der Waals surface area contributed by atoms with Crippen LogP contribution in [0.4, 0.5) is 10.1 Å². The van der Waals surface area contributed by atoms with Gasteiger partial charge in [-0.15, -0.1) is 0 Å². The number of likely N-dealkylation sites (tertiary alicyclic amines) is 1. The molecule has 2 aromatic rings. The number of nitrogens with one attached hydrogen (secondary N) is 1. The average Bonchev–Trinajstić information content (AvgIpc) is 3.27. The van der Waals surface area contributed by atoms with Crippen LogP contribution in [-0.4, -0.2) is 37.2 Å². The number of fused-ring (bicyclic) bond motifs is 4. The predicted octanol–water partition coefficient (Wildman–Crippen LogP) is 4.63. The van der Waals surface area contributed by atoms with E-state index in [2.05, 4.69) is 28.4 Å². The molecule has 5 heteroatoms. The van der Waals surface area contributed by atoms with Gasteiger partial charge in [-0.2, -0.15) is 0 Å². The minimum atomic E-state index is -0.240. The lowest BCUT2D eigenvalue weighted by molar-refractivity contribution is 0.200. The van der Waals surface area contributed by atoms with Gasteiger partial charge in [0.05, 0.1) is 17.3 Å². The Hall–Kier alpha value is -1.78. The number of nitrogens with zero attached hydrogens (tertiary/aromatic N) is 1. The first-order valence-electron chi connectivity index (χ1n) is 9.90. The van der Waals surface area contributed by atoms with Crippen molar-refractivity contribution in [2.75, 3.05) is 31.6 Å². The van der Waals surface area contributed by atoms with Crippen molar-refractivity contribution < 1.29 is 9.13 Å². The van der Waals surface area contributed by atoms with E-state index in [1.807, 2.05) is 0 Å². The number of halogens is 2. The van der Waals surface area contributed by atoms with Crippen LogP contribution in [0.3, 0.4) is 0 Å². The van der Waals surface area contributed by atoms with Gasteiger partial charge in [0.25, 0.3) is 0 Å². The van der Waals surface area contributed by atoms with Crippen molar-refractivity contribution in [2.24, 2.45) is 0 Å². The zero-order valence-electron chi connectivity index (χ0n) is 15.3. The SMILES string of the molecule is Fc1cc(Cl)c2c(c1)[C@@H]1CN(CCCc3cccc4c3OCC4)CC[C@@H]1N2. The summed E-state index contributed by atoms with van der Waals surface area (Å²) in [5.41, 5.74) is 4.67. The number of aryl methyl sites for hydroxylation is 1. The minimum absolute atomic E-state index is 0.240. The van der Waals surface area contributed by atoms with Crippen LogP contribution in [0.2, 0.25) is 5.02 Å². The Balaban J connectivity index is 1.23. The highest BCUT2D eigenvalue weighted by molar-refractivity contribution is 6.33. The Bertz CT molecular complexity index is 872. The van der Waals surface area contributed by atoms with Crippen LogP contribution >= 0.6 is 11.6 Å². The highest BCUT2D eigenvalue weighted by Gasteiger charge is 2.37. The maximum Gasteiger partial charge on any atom is 0.125 e. The zero-order chi connectivity index (χ0) is 18.4. The summed E-state index contributed by atoms with van der Waals surface area (Å²) in [6.45, 7) is 3.91. The lowest BCUT2D eigenvalue weighted by atomic mass is 9.89. The monoisotopic (exact) mass is 386 g/mol. The lowest BCUT2D eigenvalue weighted by Gasteiger charge is -2.35. The topological polar surface area (TPSA) is 24.5 Å². The fourth-order valence-corrected chi connectivity index (χ4v) is 5.18. The summed E-state index contributed by atoms with van der Waals surface area (Å²) in [5.74, 6) is 1.21. The summed E-state index contributed by atoms with van der Waals surface area (Å²) in [7, 11) is 0. The molecule has 3 aliphatic rings. The largest absolute Gasteiger partial charge is 0.493 e. The summed E-state index contributed by atoms with van der Waals surface area (Å²) in [4.78, 5) is 2.51. The Morgan fingerprint density at radius 2 is 2.22 bits per heavy atom. The van der Waals surface area contributed by atoms with Crippen molar-refractivity contribution in [1.29, 1.82) is 0 Å². The molecule has 0 unspecified atom stereocenters. The Kier molecular flexibility index (Phi) is 4.49. The van der Waals surface area contributed by atoms with Crippen LogP contribution in [0.5, 0.6) is 5.75 Å². The molecule has 0 amide bonds. The maximum atomic E-state index is 13.8. The van der Waals surface area contributed by atoms with Crippen LogP contribution in [0.15, 0.2) is 30.3 Å². The van der Waals surface area contributed by atoms with Crippen LogP contribution in [0, 0.1) is 5.82 Å². The van der Waals surface area contributed by atoms with Crippen molar-refractivity contribution >= 4 is 17.3 Å². The molecule has 0 bridgehead atoms. The third-order valence-corrected chi connectivity index (χ3v) is 6.53. The highest BCUT2D eigenvalue weighted by atomic mass is 35.5. The molecule has 2 atom stereocenters. The van der Waals surface area contributed by atoms with E-state index in [9.17, 15) is 4.39 Å². The van der Waals surface area contributed by atoms with Crippen LogP contribution < -0.4 is 10.1 Å². The van der Waals surface area contributed by atoms with Crippen LogP contribution in [0.1, 0.15) is 35.4 Å². The van der Waals surface area contributed by atoms with Crippen molar-refractivity contribution in [3.63, 3.8) is 0 Å². The standard InChI is InChI=1S/C22H24ClFN2O/c23-19-12-16(24)11-17-18-13-26(9-6-20(18)25-21(17)19)8-2-5-14-3-1-4-15-7-10-27-22(14)15/h1,3-4,11-12,18,20,25H,2,5-10,13H2/t18-,20-/m0/s1. The van der Waals surface area contributed by atoms with Crippen LogP contribution in [0.25, 0.3) is 0 Å². The average molecular weight is 387 g/mol. The third kappa shape index (κ3) is 3.19. The summed E-state index contributed by atoms with van der Waals surface area (Å²) in [5, 5.41) is 4.02. The van der Waals surface area contributed by atoms with Gasteiger partial charge < -0.3 is 15.0 Å². The molecule has 0 aromatic heterocycles. The molecule has 3 heterocycles. The number of hydrogen-bond acceptors (Lipinski definition) is 3. The second-order valence-corrected chi connectivity index (χ2v) is 8.31. The van der Waals surface area contributed by atoms with E-state index in [-0.39, 0.29) is 5.82 Å². The first-order valence-corrected chi connectivity index (χ1v) is 10.3. The fraction of sp³-hybridized carbons (Fsp3) is 0.455. The first kappa shape index (κ1) is 17.3. The first-order chi connectivity index (χ1) is 13.2. The molecule has 1 fully saturated rings. The molecule has 2 aromatic carbocycles. The molecule has 0 radical (unpaired) electrons. The predicted molar refractivity (Wildman–Crippen MR) is 107 cm³/mol. The van der Waals surface area contributed by atoms with Gasteiger partial charge in [0.1, 0.15) is 11.6 Å². The Labute approximate surface area is 164 Å². The number of rotatable bonds is 4. The number of para-hydroxylation sites is 1. The molecule has 0 aliphatic carbocycles. The molecule has 27 heavy (non-hydrogen) atoms. The number of anilines is 1. The normalized spacial score (nSPS) is 23.3. The molecular weight excluding hydrogens is 363 g/mol. The number of piperidine rings is 1. The van der Waals surface area contributed by atoms with Gasteiger partial charge >= 0.3 is 0 Å². The van der Waals surface area contributed by atoms with Gasteiger partial charge in [-0.25, -0.2) is 4.39 Å². The molecular formula is C22H24ClFN2O. The van der Waals surface area contributed by atoms with Crippen molar-refractivity contribution in [2.45, 2.75) is 37.6 Å². The molecule has 3 aliphatic heterocycles. The van der Waals surface area contributed by atoms with Crippen LogP contribution in [-0.2, 0) is 12.8 Å². The van der Waals surface area contributed by atoms with Gasteiger partial charge in [0, 0.05) is 31.5 Å². The molecule has 142 valence electrons. The molecule has 1 N–H and O–H groups in total. The third-order valence-electron chi connectivity index (χ3n) is 6.23. The quantitative estimate of drug-likeness (QED) is 0.829. The summed E-state index contributed by atoms with van der Waals surface area (Å²) in [6, 6.07) is 9.95. The van der Waals surface area contributed by atoms with E-state index in [4.69, 9.17) is 16.3 Å². The maximum absolute atomic E-state index is 13.8. The van der Waals surface area contributed by atoms with E-state index in [0.717, 1.165) is 68.9 Å². The lowest BCUT2D eigenvalue weighted by Crippen LogP contribution is -2.42. The summed E-state index contributed by atoms with van der Waals surface area (Å²) in [6.07, 6.45) is 4.26. The van der Waals surface area contributed by atoms with Gasteiger partial charge in [-0.1, -0.05) is 29.8 Å². The van der Waals surface area contributed by atoms with E-state index in [1.165, 1.54) is 17.2 Å². The molecule has 0 saturated carbocycles. The fourth-order valence-electron chi connectivity index (χ4n) is 4.91. The van der Waals surface area contributed by atoms with Crippen molar-refractivity contribution in [1.82, 2.24) is 4.90 Å². The molecule has 5 rings (SSSR count). The highest BCUT2D eigenvalue weighted by Crippen LogP contribution is 2.44. The van der Waals surface area contributed by atoms with E-state index in [0.29, 0.717) is 17.0 Å². The van der Waals surface area contributed by atoms with Crippen molar-refractivity contribution in [3.8, 4) is 5.75 Å². The van der Waals surface area contributed by atoms with E-state index in [1.54, 1.807) is 6.07 Å². The molecule has 0 spiro atoms. The number of benzene rings is 2. The van der Waals surface area contributed by atoms with Gasteiger partial charge in [-0.3, -0.25) is 0 Å². The summed E-state index contributed by atoms with van der Waals surface area (Å²) < 4.78 is 19.7. The summed E-state index contributed by atoms with van der Waals surface area (Å²) >= 11 is 6.25. The molecule has 3 nitrogen and oxygen atoms in total. The van der Waals surface area contributed by atoms with Crippen molar-refractivity contribution in [3.05, 3.63) is 57.9 Å².